The fourth-order valence-corrected chi connectivity index (χ4v) is 1.47. The minimum Gasteiger partial charge on any atom is -0.322 e. The summed E-state index contributed by atoms with van der Waals surface area (Å²) in [6, 6.07) is 6.26. The van der Waals surface area contributed by atoms with Crippen molar-refractivity contribution in [1.29, 1.82) is 5.26 Å². The zero-order chi connectivity index (χ0) is 13.1. The van der Waals surface area contributed by atoms with E-state index in [1.54, 1.807) is 13.0 Å². The van der Waals surface area contributed by atoms with Crippen molar-refractivity contribution in [2.45, 2.75) is 20.3 Å². The summed E-state index contributed by atoms with van der Waals surface area (Å²) in [6.07, 6.45) is 0.369. The van der Waals surface area contributed by atoms with Crippen molar-refractivity contribution >= 4 is 27.5 Å². The van der Waals surface area contributed by atoms with Crippen LogP contribution in [0.15, 0.2) is 22.7 Å². The van der Waals surface area contributed by atoms with Crippen molar-refractivity contribution in [3.8, 4) is 6.07 Å². The zero-order valence-electron chi connectivity index (χ0n) is 9.55. The molecule has 0 saturated heterocycles. The van der Waals surface area contributed by atoms with Crippen LogP contribution in [0, 0.1) is 22.6 Å². The van der Waals surface area contributed by atoms with Gasteiger partial charge in [-0.2, -0.15) is 5.26 Å². The number of nitrogens with one attached hydrogen (secondary N) is 1. The quantitative estimate of drug-likeness (QED) is 0.929. The normalized spacial score (nSPS) is 13.6. The van der Waals surface area contributed by atoms with Gasteiger partial charge in [0.15, 0.2) is 0 Å². The second-order valence-electron chi connectivity index (χ2n) is 3.88. The first-order valence-corrected chi connectivity index (χ1v) is 5.90. The molecule has 0 aliphatic rings. The van der Waals surface area contributed by atoms with Crippen LogP contribution in [0.5, 0.6) is 0 Å². The SMILES string of the molecule is CCC(C)(C#N)C(=O)Nc1ccc(Br)cc1F. The maximum absolute atomic E-state index is 13.5. The van der Waals surface area contributed by atoms with Crippen molar-refractivity contribution in [3.63, 3.8) is 0 Å². The lowest BCUT2D eigenvalue weighted by molar-refractivity contribution is -0.122. The molecule has 0 aliphatic heterocycles. The molecular formula is C12H12BrFN2O. The van der Waals surface area contributed by atoms with Gasteiger partial charge in [0.05, 0.1) is 11.8 Å². The Bertz CT molecular complexity index is 484. The summed E-state index contributed by atoms with van der Waals surface area (Å²) in [5.41, 5.74) is -1.06. The Morgan fingerprint density at radius 3 is 2.76 bits per heavy atom. The Morgan fingerprint density at radius 2 is 2.29 bits per heavy atom. The van der Waals surface area contributed by atoms with E-state index < -0.39 is 17.1 Å². The Hall–Kier alpha value is -1.41. The van der Waals surface area contributed by atoms with E-state index in [-0.39, 0.29) is 5.69 Å². The van der Waals surface area contributed by atoms with Gasteiger partial charge in [-0.05, 0) is 31.5 Å². The number of hydrogen-bond donors (Lipinski definition) is 1. The van der Waals surface area contributed by atoms with Gasteiger partial charge in [-0.1, -0.05) is 22.9 Å². The van der Waals surface area contributed by atoms with E-state index in [9.17, 15) is 9.18 Å². The molecule has 3 nitrogen and oxygen atoms in total. The molecule has 1 atom stereocenters. The van der Waals surface area contributed by atoms with Gasteiger partial charge in [0.1, 0.15) is 11.2 Å². The Balaban J connectivity index is 2.93. The van der Waals surface area contributed by atoms with Gasteiger partial charge in [0.25, 0.3) is 0 Å². The van der Waals surface area contributed by atoms with Gasteiger partial charge in [-0.15, -0.1) is 0 Å². The van der Waals surface area contributed by atoms with Crippen LogP contribution in [0.25, 0.3) is 0 Å². The number of anilines is 1. The van der Waals surface area contributed by atoms with Gasteiger partial charge >= 0.3 is 0 Å². The summed E-state index contributed by atoms with van der Waals surface area (Å²) in [7, 11) is 0. The zero-order valence-corrected chi connectivity index (χ0v) is 11.1. The fourth-order valence-electron chi connectivity index (χ4n) is 1.14. The van der Waals surface area contributed by atoms with Crippen molar-refractivity contribution in [2.24, 2.45) is 5.41 Å². The Labute approximate surface area is 108 Å². The molecule has 1 amide bonds. The number of carbonyl (C=O) groups is 1. The minimum atomic E-state index is -1.14. The van der Waals surface area contributed by atoms with Crippen LogP contribution in [0.4, 0.5) is 10.1 Å². The van der Waals surface area contributed by atoms with E-state index >= 15 is 0 Å². The Morgan fingerprint density at radius 1 is 1.65 bits per heavy atom. The molecule has 0 aliphatic carbocycles. The number of carbonyl (C=O) groups excluding carboxylic acids is 1. The standard InChI is InChI=1S/C12H12BrFN2O/c1-3-12(2,7-15)11(17)16-10-5-4-8(13)6-9(10)14/h4-6H,3H2,1-2H3,(H,16,17). The van der Waals surface area contributed by atoms with E-state index in [0.29, 0.717) is 10.9 Å². The number of amides is 1. The maximum Gasteiger partial charge on any atom is 0.244 e. The second kappa shape index (κ2) is 5.28. The monoisotopic (exact) mass is 298 g/mol. The van der Waals surface area contributed by atoms with Crippen molar-refractivity contribution < 1.29 is 9.18 Å². The summed E-state index contributed by atoms with van der Waals surface area (Å²) in [5.74, 6) is -1.03. The molecule has 0 aromatic heterocycles. The smallest absolute Gasteiger partial charge is 0.244 e. The third-order valence-electron chi connectivity index (χ3n) is 2.63. The molecule has 90 valence electrons. The topological polar surface area (TPSA) is 52.9 Å². The molecule has 0 heterocycles. The van der Waals surface area contributed by atoms with Crippen molar-refractivity contribution in [3.05, 3.63) is 28.5 Å². The largest absolute Gasteiger partial charge is 0.322 e. The predicted octanol–water partition coefficient (Wildman–Crippen LogP) is 3.47. The number of benzene rings is 1. The molecule has 17 heavy (non-hydrogen) atoms. The highest BCUT2D eigenvalue weighted by Crippen LogP contribution is 2.24. The molecule has 1 aromatic rings. The van der Waals surface area contributed by atoms with Crippen molar-refractivity contribution in [1.82, 2.24) is 0 Å². The summed E-state index contributed by atoms with van der Waals surface area (Å²) in [5, 5.41) is 11.4. The number of nitrogens with zero attached hydrogens (tertiary/aromatic N) is 1. The average molecular weight is 299 g/mol. The average Bonchev–Trinajstić information content (AvgIpc) is 2.31. The molecule has 0 bridgehead atoms. The molecule has 1 unspecified atom stereocenters. The van der Waals surface area contributed by atoms with Crippen LogP contribution >= 0.6 is 15.9 Å². The van der Waals surface area contributed by atoms with E-state index in [4.69, 9.17) is 5.26 Å². The number of rotatable bonds is 3. The first kappa shape index (κ1) is 13.7. The predicted molar refractivity (Wildman–Crippen MR) is 66.7 cm³/mol. The molecule has 0 spiro atoms. The highest BCUT2D eigenvalue weighted by Gasteiger charge is 2.31. The number of halogens is 2. The van der Waals surface area contributed by atoms with Crippen LogP contribution in [0.2, 0.25) is 0 Å². The van der Waals surface area contributed by atoms with Crippen LogP contribution in [-0.4, -0.2) is 5.91 Å². The lowest BCUT2D eigenvalue weighted by Gasteiger charge is -2.18. The first-order valence-electron chi connectivity index (χ1n) is 5.10. The highest BCUT2D eigenvalue weighted by atomic mass is 79.9. The molecule has 0 radical (unpaired) electrons. The molecule has 1 N–H and O–H groups in total. The van der Waals surface area contributed by atoms with E-state index in [1.165, 1.54) is 19.1 Å². The van der Waals surface area contributed by atoms with Crippen molar-refractivity contribution in [2.75, 3.05) is 5.32 Å². The second-order valence-corrected chi connectivity index (χ2v) is 4.79. The van der Waals surface area contributed by atoms with E-state index in [1.807, 2.05) is 6.07 Å². The van der Waals surface area contributed by atoms with Crippen LogP contribution in [0.3, 0.4) is 0 Å². The third kappa shape index (κ3) is 3.04. The summed E-state index contributed by atoms with van der Waals surface area (Å²) < 4.78 is 14.1. The van der Waals surface area contributed by atoms with Gasteiger partial charge in [0.2, 0.25) is 5.91 Å². The minimum absolute atomic E-state index is 0.0770. The molecule has 5 heteroatoms. The number of hydrogen-bond acceptors (Lipinski definition) is 2. The fraction of sp³-hybridized carbons (Fsp3) is 0.333. The highest BCUT2D eigenvalue weighted by molar-refractivity contribution is 9.10. The van der Waals surface area contributed by atoms with Crippen LogP contribution < -0.4 is 5.32 Å². The molecular weight excluding hydrogens is 287 g/mol. The Kier molecular flexibility index (Phi) is 4.24. The molecule has 1 rings (SSSR count). The summed E-state index contributed by atoms with van der Waals surface area (Å²) in [6.45, 7) is 3.26. The maximum atomic E-state index is 13.5. The summed E-state index contributed by atoms with van der Waals surface area (Å²) >= 11 is 3.12. The van der Waals surface area contributed by atoms with Gasteiger partial charge in [-0.25, -0.2) is 4.39 Å². The molecule has 0 fully saturated rings. The van der Waals surface area contributed by atoms with Gasteiger partial charge < -0.3 is 5.32 Å². The van der Waals surface area contributed by atoms with E-state index in [2.05, 4.69) is 21.2 Å². The van der Waals surface area contributed by atoms with Gasteiger partial charge in [-0.3, -0.25) is 4.79 Å². The van der Waals surface area contributed by atoms with Crippen LogP contribution in [-0.2, 0) is 4.79 Å². The van der Waals surface area contributed by atoms with Crippen LogP contribution in [0.1, 0.15) is 20.3 Å². The lowest BCUT2D eigenvalue weighted by Crippen LogP contribution is -2.31. The van der Waals surface area contributed by atoms with Gasteiger partial charge in [0, 0.05) is 4.47 Å². The summed E-state index contributed by atoms with van der Waals surface area (Å²) in [4.78, 5) is 11.8. The van der Waals surface area contributed by atoms with E-state index in [0.717, 1.165) is 0 Å². The molecule has 0 saturated carbocycles. The molecule has 1 aromatic carbocycles. The number of nitriles is 1. The first-order chi connectivity index (χ1) is 7.92. The lowest BCUT2D eigenvalue weighted by atomic mass is 9.88. The third-order valence-corrected chi connectivity index (χ3v) is 3.13.